The molecule has 0 amide bonds. The molecule has 0 bridgehead atoms. The number of nitrogen functional groups attached to an aromatic ring is 2. The van der Waals surface area contributed by atoms with Gasteiger partial charge in [-0.05, 0) is 29.0 Å². The number of morpholine rings is 1. The monoisotopic (exact) mass is 326 g/mol. The van der Waals surface area contributed by atoms with E-state index in [2.05, 4.69) is 4.90 Å². The Balaban J connectivity index is 1.75. The molecule has 6 nitrogen and oxygen atoms in total. The Hall–Kier alpha value is -2.44. The second kappa shape index (κ2) is 6.98. The molecule has 0 unspecified atom stereocenters. The van der Waals surface area contributed by atoms with Crippen LogP contribution in [-0.4, -0.2) is 49.4 Å². The topological polar surface area (TPSA) is 105 Å². The number of fused-ring (bicyclic) bond motifs is 1. The molecule has 3 rings (SSSR count). The minimum Gasteiger partial charge on any atom is -0.398 e. The lowest BCUT2D eigenvalue weighted by molar-refractivity contribution is 0.0370. The summed E-state index contributed by atoms with van der Waals surface area (Å²) >= 11 is 0. The van der Waals surface area contributed by atoms with E-state index in [-0.39, 0.29) is 11.6 Å². The Kier molecular flexibility index (Phi) is 4.78. The fourth-order valence-electron chi connectivity index (χ4n) is 2.95. The first-order chi connectivity index (χ1) is 11.5. The predicted octanol–water partition coefficient (Wildman–Crippen LogP) is 1.61. The highest BCUT2D eigenvalue weighted by Gasteiger charge is 2.14. The van der Waals surface area contributed by atoms with E-state index in [0.29, 0.717) is 23.2 Å². The van der Waals surface area contributed by atoms with Crippen LogP contribution in [0.15, 0.2) is 30.3 Å². The Morgan fingerprint density at radius 2 is 1.92 bits per heavy atom. The number of carbonyl (C=O) groups excluding carboxylic acids is 1. The van der Waals surface area contributed by atoms with Gasteiger partial charge in [0.05, 0.1) is 13.2 Å². The van der Waals surface area contributed by atoms with Gasteiger partial charge in [-0.15, -0.1) is 0 Å². The van der Waals surface area contributed by atoms with Crippen LogP contribution < -0.4 is 11.5 Å². The molecule has 126 valence electrons. The van der Waals surface area contributed by atoms with Crippen LogP contribution in [0.3, 0.4) is 0 Å². The molecule has 1 fully saturated rings. The molecule has 0 radical (unpaired) electrons. The van der Waals surface area contributed by atoms with Crippen molar-refractivity contribution < 1.29 is 9.53 Å². The van der Waals surface area contributed by atoms with Crippen LogP contribution >= 0.6 is 0 Å². The first-order valence-corrected chi connectivity index (χ1v) is 8.05. The quantitative estimate of drug-likeness (QED) is 0.335. The molecule has 0 aromatic heterocycles. The lowest BCUT2D eigenvalue weighted by Crippen LogP contribution is -2.37. The highest BCUT2D eigenvalue weighted by Crippen LogP contribution is 2.23. The number of amidine groups is 1. The fraction of sp³-hybridized carbons (Fsp3) is 0.333. The number of anilines is 1. The molecule has 2 aromatic rings. The van der Waals surface area contributed by atoms with Gasteiger partial charge in [0.2, 0.25) is 0 Å². The third-order valence-electron chi connectivity index (χ3n) is 4.38. The van der Waals surface area contributed by atoms with Crippen molar-refractivity contribution in [1.29, 1.82) is 5.41 Å². The molecule has 1 aliphatic heterocycles. The molecule has 1 saturated heterocycles. The van der Waals surface area contributed by atoms with Crippen LogP contribution in [-0.2, 0) is 4.74 Å². The largest absolute Gasteiger partial charge is 0.398 e. The molecule has 0 saturated carbocycles. The molecule has 2 aromatic carbocycles. The average molecular weight is 326 g/mol. The number of Topliss-reactive ketones (excluding diaryl/α,β-unsaturated/α-hetero) is 1. The lowest BCUT2D eigenvalue weighted by Gasteiger charge is -2.26. The van der Waals surface area contributed by atoms with E-state index in [1.807, 2.05) is 18.2 Å². The maximum atomic E-state index is 12.4. The van der Waals surface area contributed by atoms with Gasteiger partial charge >= 0.3 is 0 Å². The van der Waals surface area contributed by atoms with Gasteiger partial charge in [0.15, 0.2) is 5.78 Å². The first kappa shape index (κ1) is 16.4. The highest BCUT2D eigenvalue weighted by molar-refractivity contribution is 6.06. The lowest BCUT2D eigenvalue weighted by atomic mass is 9.99. The summed E-state index contributed by atoms with van der Waals surface area (Å²) in [4.78, 5) is 14.7. The van der Waals surface area contributed by atoms with Crippen molar-refractivity contribution in [3.05, 3.63) is 41.5 Å². The number of benzene rings is 2. The number of carbonyl (C=O) groups is 1. The van der Waals surface area contributed by atoms with E-state index in [4.69, 9.17) is 21.6 Å². The van der Waals surface area contributed by atoms with Crippen molar-refractivity contribution in [2.45, 2.75) is 6.42 Å². The minimum absolute atomic E-state index is 0.0555. The molecule has 1 heterocycles. The van der Waals surface area contributed by atoms with Crippen LogP contribution in [0.5, 0.6) is 0 Å². The molecule has 6 heteroatoms. The summed E-state index contributed by atoms with van der Waals surface area (Å²) in [6, 6.07) is 9.12. The van der Waals surface area contributed by atoms with Gasteiger partial charge in [-0.1, -0.05) is 12.1 Å². The van der Waals surface area contributed by atoms with E-state index < -0.39 is 0 Å². The van der Waals surface area contributed by atoms with Crippen LogP contribution in [0.4, 0.5) is 5.69 Å². The van der Waals surface area contributed by atoms with E-state index in [1.54, 1.807) is 12.1 Å². The van der Waals surface area contributed by atoms with Crippen molar-refractivity contribution in [1.82, 2.24) is 4.90 Å². The van der Waals surface area contributed by atoms with E-state index in [0.717, 1.165) is 43.6 Å². The first-order valence-electron chi connectivity index (χ1n) is 8.05. The van der Waals surface area contributed by atoms with Gasteiger partial charge in [-0.2, -0.15) is 0 Å². The van der Waals surface area contributed by atoms with Crippen molar-refractivity contribution in [2.24, 2.45) is 5.73 Å². The Morgan fingerprint density at radius 3 is 2.62 bits per heavy atom. The number of hydrogen-bond acceptors (Lipinski definition) is 5. The molecule has 0 spiro atoms. The van der Waals surface area contributed by atoms with Gasteiger partial charge in [-0.25, -0.2) is 0 Å². The van der Waals surface area contributed by atoms with Crippen molar-refractivity contribution in [2.75, 3.05) is 38.6 Å². The summed E-state index contributed by atoms with van der Waals surface area (Å²) in [5.74, 6) is 0.0673. The standard InChI is InChI=1S/C18H22N4O2/c19-16-11-14-9-13(2-1-12(14)10-15(16)18(20)21)17(23)3-4-22-5-7-24-8-6-22/h1-2,9-11H,3-8,19H2,(H3,20,21). The normalized spacial score (nSPS) is 15.5. The van der Waals surface area contributed by atoms with Crippen molar-refractivity contribution in [3.8, 4) is 0 Å². The fourth-order valence-corrected chi connectivity index (χ4v) is 2.95. The third kappa shape index (κ3) is 3.55. The zero-order valence-electron chi connectivity index (χ0n) is 13.5. The average Bonchev–Trinajstić information content (AvgIpc) is 2.59. The minimum atomic E-state index is -0.0555. The Labute approximate surface area is 140 Å². The number of nitrogens with zero attached hydrogens (tertiary/aromatic N) is 1. The Bertz CT molecular complexity index is 782. The molecule has 5 N–H and O–H groups in total. The number of nitrogens with one attached hydrogen (secondary N) is 1. The SMILES string of the molecule is N=C(N)c1cc2ccc(C(=O)CCN3CCOCC3)cc2cc1N. The zero-order valence-corrected chi connectivity index (χ0v) is 13.5. The molecular weight excluding hydrogens is 304 g/mol. The second-order valence-corrected chi connectivity index (χ2v) is 6.04. The van der Waals surface area contributed by atoms with Crippen LogP contribution in [0.2, 0.25) is 0 Å². The van der Waals surface area contributed by atoms with Gasteiger partial charge in [0.25, 0.3) is 0 Å². The van der Waals surface area contributed by atoms with Crippen LogP contribution in [0, 0.1) is 5.41 Å². The number of ketones is 1. The molecule has 0 aliphatic carbocycles. The number of rotatable bonds is 5. The second-order valence-electron chi connectivity index (χ2n) is 6.04. The number of ether oxygens (including phenoxy) is 1. The van der Waals surface area contributed by atoms with Gasteiger partial charge in [-0.3, -0.25) is 15.1 Å². The summed E-state index contributed by atoms with van der Waals surface area (Å²) in [5.41, 5.74) is 13.1. The van der Waals surface area contributed by atoms with Crippen LogP contribution in [0.25, 0.3) is 10.8 Å². The summed E-state index contributed by atoms with van der Waals surface area (Å²) in [7, 11) is 0. The van der Waals surface area contributed by atoms with Gasteiger partial charge in [0.1, 0.15) is 5.84 Å². The molecule has 24 heavy (non-hydrogen) atoms. The number of hydrogen-bond donors (Lipinski definition) is 3. The van der Waals surface area contributed by atoms with E-state index in [9.17, 15) is 4.79 Å². The van der Waals surface area contributed by atoms with E-state index in [1.165, 1.54) is 0 Å². The summed E-state index contributed by atoms with van der Waals surface area (Å²) in [5, 5.41) is 9.34. The van der Waals surface area contributed by atoms with Gasteiger partial charge in [0, 0.05) is 42.9 Å². The summed E-state index contributed by atoms with van der Waals surface area (Å²) in [6.45, 7) is 4.00. The molecular formula is C18H22N4O2. The summed E-state index contributed by atoms with van der Waals surface area (Å²) in [6.07, 6.45) is 0.493. The third-order valence-corrected chi connectivity index (χ3v) is 4.38. The maximum Gasteiger partial charge on any atom is 0.164 e. The van der Waals surface area contributed by atoms with Gasteiger partial charge < -0.3 is 16.2 Å². The van der Waals surface area contributed by atoms with E-state index >= 15 is 0 Å². The number of nitrogens with two attached hydrogens (primary N) is 2. The predicted molar refractivity (Wildman–Crippen MR) is 95.6 cm³/mol. The zero-order chi connectivity index (χ0) is 17.1. The maximum absolute atomic E-state index is 12.4. The molecule has 1 aliphatic rings. The van der Waals surface area contributed by atoms with Crippen molar-refractivity contribution in [3.63, 3.8) is 0 Å². The Morgan fingerprint density at radius 1 is 1.17 bits per heavy atom. The van der Waals surface area contributed by atoms with Crippen molar-refractivity contribution >= 4 is 28.1 Å². The highest BCUT2D eigenvalue weighted by atomic mass is 16.5. The summed E-state index contributed by atoms with van der Waals surface area (Å²) < 4.78 is 5.31. The molecule has 0 atom stereocenters. The van der Waals surface area contributed by atoms with Crippen LogP contribution in [0.1, 0.15) is 22.3 Å². The smallest absolute Gasteiger partial charge is 0.164 e.